The Morgan fingerprint density at radius 1 is 1.11 bits per heavy atom. The fourth-order valence-corrected chi connectivity index (χ4v) is 4.31. The molecule has 4 heterocycles. The van der Waals surface area contributed by atoms with Gasteiger partial charge in [0.05, 0.1) is 6.61 Å². The van der Waals surface area contributed by atoms with Crippen molar-refractivity contribution in [1.82, 2.24) is 24.4 Å². The Bertz CT molecular complexity index is 843. The number of likely N-dealkylation sites (tertiary alicyclic amines) is 2. The van der Waals surface area contributed by atoms with Crippen molar-refractivity contribution in [3.63, 3.8) is 0 Å². The highest BCUT2D eigenvalue weighted by Crippen LogP contribution is 2.29. The quantitative estimate of drug-likeness (QED) is 0.810. The van der Waals surface area contributed by atoms with Crippen molar-refractivity contribution in [2.75, 3.05) is 32.8 Å². The molecular weight excluding hydrogens is 358 g/mol. The molecule has 2 aromatic heterocycles. The van der Waals surface area contributed by atoms with E-state index >= 15 is 0 Å². The molecule has 1 atom stereocenters. The normalized spacial score (nSPS) is 21.1. The molecule has 2 aliphatic heterocycles. The van der Waals surface area contributed by atoms with Crippen molar-refractivity contribution in [3.05, 3.63) is 30.2 Å². The van der Waals surface area contributed by atoms with Gasteiger partial charge in [0.15, 0.2) is 5.65 Å². The van der Waals surface area contributed by atoms with Crippen LogP contribution in [-0.2, 0) is 9.53 Å². The number of amides is 2. The first-order chi connectivity index (χ1) is 13.7. The van der Waals surface area contributed by atoms with Crippen molar-refractivity contribution < 1.29 is 14.3 Å². The number of rotatable bonds is 3. The van der Waals surface area contributed by atoms with Crippen molar-refractivity contribution in [3.8, 4) is 0 Å². The second-order valence-electron chi connectivity index (χ2n) is 7.57. The van der Waals surface area contributed by atoms with Crippen LogP contribution in [0.25, 0.3) is 5.65 Å². The summed E-state index contributed by atoms with van der Waals surface area (Å²) in [5, 5.41) is 8.64. The van der Waals surface area contributed by atoms with E-state index in [0.29, 0.717) is 39.1 Å². The monoisotopic (exact) mass is 385 g/mol. The molecular formula is C20H27N5O3. The minimum absolute atomic E-state index is 0.0143. The van der Waals surface area contributed by atoms with Gasteiger partial charge < -0.3 is 14.5 Å². The summed E-state index contributed by atoms with van der Waals surface area (Å²) in [5.41, 5.74) is 0.840. The Hall–Kier alpha value is -2.64. The molecule has 28 heavy (non-hydrogen) atoms. The van der Waals surface area contributed by atoms with Crippen LogP contribution in [0.15, 0.2) is 24.4 Å². The van der Waals surface area contributed by atoms with Gasteiger partial charge >= 0.3 is 6.09 Å². The zero-order valence-electron chi connectivity index (χ0n) is 16.3. The number of ether oxygens (including phenoxy) is 1. The second-order valence-corrected chi connectivity index (χ2v) is 7.57. The number of piperidine rings is 2. The molecule has 2 aromatic rings. The van der Waals surface area contributed by atoms with Crippen molar-refractivity contribution in [2.24, 2.45) is 5.92 Å². The van der Waals surface area contributed by atoms with E-state index < -0.39 is 0 Å². The number of nitrogens with zero attached hydrogens (tertiary/aromatic N) is 5. The first kappa shape index (κ1) is 18.7. The summed E-state index contributed by atoms with van der Waals surface area (Å²) < 4.78 is 7.08. The van der Waals surface area contributed by atoms with E-state index in [1.807, 2.05) is 33.7 Å². The third-order valence-electron chi connectivity index (χ3n) is 5.81. The summed E-state index contributed by atoms with van der Waals surface area (Å²) in [4.78, 5) is 28.6. The summed E-state index contributed by atoms with van der Waals surface area (Å²) >= 11 is 0. The van der Waals surface area contributed by atoms with Crippen LogP contribution in [0.4, 0.5) is 4.79 Å². The average Bonchev–Trinajstić information content (AvgIpc) is 3.18. The molecule has 8 heteroatoms. The maximum Gasteiger partial charge on any atom is 0.409 e. The van der Waals surface area contributed by atoms with Crippen LogP contribution >= 0.6 is 0 Å². The van der Waals surface area contributed by atoms with Gasteiger partial charge in [-0.1, -0.05) is 6.07 Å². The highest BCUT2D eigenvalue weighted by molar-refractivity contribution is 5.79. The van der Waals surface area contributed by atoms with Crippen molar-refractivity contribution in [2.45, 2.75) is 38.5 Å². The van der Waals surface area contributed by atoms with Crippen LogP contribution in [-0.4, -0.2) is 69.2 Å². The van der Waals surface area contributed by atoms with Crippen LogP contribution in [0.2, 0.25) is 0 Å². The predicted octanol–water partition coefficient (Wildman–Crippen LogP) is 2.30. The molecule has 0 aromatic carbocycles. The second kappa shape index (κ2) is 8.16. The fraction of sp³-hybridized carbons (Fsp3) is 0.600. The average molecular weight is 385 g/mol. The van der Waals surface area contributed by atoms with E-state index in [9.17, 15) is 9.59 Å². The molecule has 0 bridgehead atoms. The molecule has 2 amide bonds. The fourth-order valence-electron chi connectivity index (χ4n) is 4.31. The van der Waals surface area contributed by atoms with Crippen molar-refractivity contribution in [1.29, 1.82) is 0 Å². The van der Waals surface area contributed by atoms with Gasteiger partial charge in [-0.25, -0.2) is 4.79 Å². The minimum atomic E-state index is -0.273. The van der Waals surface area contributed by atoms with Crippen LogP contribution < -0.4 is 0 Å². The van der Waals surface area contributed by atoms with E-state index in [4.69, 9.17) is 4.74 Å². The SMILES string of the molecule is CCOC(=O)N1CCC(C(=O)N2CCCC(c3nnc4ccccn34)C2)CC1. The Labute approximate surface area is 164 Å². The number of carbonyl (C=O) groups is 2. The van der Waals surface area contributed by atoms with Gasteiger partial charge in [0, 0.05) is 44.2 Å². The number of hydrogen-bond donors (Lipinski definition) is 0. The molecule has 0 saturated carbocycles. The van der Waals surface area contributed by atoms with Gasteiger partial charge in [0.1, 0.15) is 5.82 Å². The van der Waals surface area contributed by atoms with Gasteiger partial charge in [0.25, 0.3) is 0 Å². The molecule has 0 spiro atoms. The minimum Gasteiger partial charge on any atom is -0.450 e. The van der Waals surface area contributed by atoms with E-state index in [2.05, 4.69) is 10.2 Å². The number of aromatic nitrogens is 3. The standard InChI is InChI=1S/C20H27N5O3/c1-2-28-20(27)23-12-8-15(9-13-23)19(26)24-10-5-6-16(14-24)18-22-21-17-7-3-4-11-25(17)18/h3-4,7,11,15-16H,2,5-6,8-10,12-14H2,1H3. The topological polar surface area (TPSA) is 80.0 Å². The maximum absolute atomic E-state index is 13.1. The molecule has 8 nitrogen and oxygen atoms in total. The Morgan fingerprint density at radius 3 is 2.71 bits per heavy atom. The number of pyridine rings is 1. The lowest BCUT2D eigenvalue weighted by atomic mass is 9.92. The van der Waals surface area contributed by atoms with Gasteiger partial charge in [-0.3, -0.25) is 9.20 Å². The summed E-state index contributed by atoms with van der Waals surface area (Å²) in [6.07, 6.45) is 5.10. The predicted molar refractivity (Wildman–Crippen MR) is 103 cm³/mol. The van der Waals surface area contributed by atoms with Gasteiger partial charge in [0.2, 0.25) is 5.91 Å². The molecule has 0 aliphatic carbocycles. The number of carbonyl (C=O) groups excluding carboxylic acids is 2. The highest BCUT2D eigenvalue weighted by Gasteiger charge is 2.34. The van der Waals surface area contributed by atoms with Crippen LogP contribution in [0.3, 0.4) is 0 Å². The Morgan fingerprint density at radius 2 is 1.93 bits per heavy atom. The van der Waals surface area contributed by atoms with E-state index in [1.54, 1.807) is 11.8 Å². The van der Waals surface area contributed by atoms with Gasteiger partial charge in [-0.15, -0.1) is 10.2 Å². The third kappa shape index (κ3) is 3.68. The largest absolute Gasteiger partial charge is 0.450 e. The molecule has 0 radical (unpaired) electrons. The molecule has 150 valence electrons. The third-order valence-corrected chi connectivity index (χ3v) is 5.81. The zero-order chi connectivity index (χ0) is 19.5. The van der Waals surface area contributed by atoms with E-state index in [0.717, 1.165) is 30.9 Å². The molecule has 4 rings (SSSR count). The summed E-state index contributed by atoms with van der Waals surface area (Å²) in [6, 6.07) is 5.87. The van der Waals surface area contributed by atoms with Crippen LogP contribution in [0.5, 0.6) is 0 Å². The lowest BCUT2D eigenvalue weighted by Crippen LogP contribution is -2.47. The smallest absolute Gasteiger partial charge is 0.409 e. The Kier molecular flexibility index (Phi) is 5.45. The molecule has 2 aliphatic rings. The molecule has 2 fully saturated rings. The lowest BCUT2D eigenvalue weighted by Gasteiger charge is -2.37. The molecule has 1 unspecified atom stereocenters. The highest BCUT2D eigenvalue weighted by atomic mass is 16.6. The van der Waals surface area contributed by atoms with Crippen LogP contribution in [0.1, 0.15) is 44.3 Å². The summed E-state index contributed by atoms with van der Waals surface area (Å²) in [6.45, 7) is 4.84. The molecule has 0 N–H and O–H groups in total. The van der Waals surface area contributed by atoms with Gasteiger partial charge in [-0.2, -0.15) is 0 Å². The summed E-state index contributed by atoms with van der Waals surface area (Å²) in [5.74, 6) is 1.33. The maximum atomic E-state index is 13.1. The zero-order valence-corrected chi connectivity index (χ0v) is 16.3. The molecule has 2 saturated heterocycles. The van der Waals surface area contributed by atoms with E-state index in [1.165, 1.54) is 0 Å². The first-order valence-electron chi connectivity index (χ1n) is 10.2. The lowest BCUT2D eigenvalue weighted by molar-refractivity contribution is -0.138. The Balaban J connectivity index is 1.38. The number of fused-ring (bicyclic) bond motifs is 1. The van der Waals surface area contributed by atoms with Gasteiger partial charge in [-0.05, 0) is 44.7 Å². The van der Waals surface area contributed by atoms with E-state index in [-0.39, 0.29) is 23.8 Å². The van der Waals surface area contributed by atoms with Crippen LogP contribution in [0, 0.1) is 5.92 Å². The first-order valence-corrected chi connectivity index (χ1v) is 10.2. The summed E-state index contributed by atoms with van der Waals surface area (Å²) in [7, 11) is 0. The number of hydrogen-bond acceptors (Lipinski definition) is 5. The van der Waals surface area contributed by atoms with Crippen molar-refractivity contribution >= 4 is 17.6 Å².